The van der Waals surface area contributed by atoms with Crippen LogP contribution in [0.3, 0.4) is 0 Å². The fourth-order valence-corrected chi connectivity index (χ4v) is 2.33. The predicted octanol–water partition coefficient (Wildman–Crippen LogP) is 2.55. The van der Waals surface area contributed by atoms with Gasteiger partial charge < -0.3 is 5.32 Å². The Morgan fingerprint density at radius 3 is 2.83 bits per heavy atom. The molecule has 5 nitrogen and oxygen atoms in total. The van der Waals surface area contributed by atoms with Crippen LogP contribution in [0, 0.1) is 13.8 Å². The number of nitrogens with one attached hydrogen (secondary N) is 1. The van der Waals surface area contributed by atoms with Crippen molar-refractivity contribution in [3.05, 3.63) is 29.0 Å². The van der Waals surface area contributed by atoms with Crippen LogP contribution in [0.1, 0.15) is 30.8 Å². The third kappa shape index (κ3) is 3.16. The van der Waals surface area contributed by atoms with Crippen LogP contribution in [-0.2, 0) is 4.79 Å². The van der Waals surface area contributed by atoms with Gasteiger partial charge in [-0.1, -0.05) is 0 Å². The number of carbonyl (C=O) groups excluding carboxylic acids is 1. The van der Waals surface area contributed by atoms with Gasteiger partial charge in [-0.05, 0) is 26.8 Å². The Kier molecular flexibility index (Phi) is 3.76. The van der Waals surface area contributed by atoms with Crippen LogP contribution in [0.15, 0.2) is 17.6 Å². The molecule has 1 amide bonds. The highest BCUT2D eigenvalue weighted by Crippen LogP contribution is 2.16. The highest BCUT2D eigenvalue weighted by atomic mass is 32.1. The monoisotopic (exact) mass is 264 g/mol. The second-order valence-corrected chi connectivity index (χ2v) is 5.19. The van der Waals surface area contributed by atoms with Gasteiger partial charge in [0.1, 0.15) is 0 Å². The molecular weight excluding hydrogens is 248 g/mol. The Labute approximate surface area is 110 Å². The molecule has 0 saturated carbocycles. The van der Waals surface area contributed by atoms with E-state index in [2.05, 4.69) is 15.4 Å². The Bertz CT molecular complexity index is 546. The van der Waals surface area contributed by atoms with Crippen LogP contribution in [-0.4, -0.2) is 20.7 Å². The van der Waals surface area contributed by atoms with Crippen LogP contribution in [0.5, 0.6) is 0 Å². The highest BCUT2D eigenvalue weighted by molar-refractivity contribution is 7.13. The standard InChI is InChI=1S/C12H16N4OS/c1-8-4-5-16(15-8)10(3)6-11(17)14-12-13-9(2)7-18-12/h4-5,7,10H,6H2,1-3H3,(H,13,14,17). The first-order valence-electron chi connectivity index (χ1n) is 5.78. The SMILES string of the molecule is Cc1csc(NC(=O)CC(C)n2ccc(C)n2)n1. The molecule has 1 atom stereocenters. The molecule has 0 aliphatic heterocycles. The first-order valence-corrected chi connectivity index (χ1v) is 6.66. The summed E-state index contributed by atoms with van der Waals surface area (Å²) in [4.78, 5) is 16.0. The number of amides is 1. The molecule has 0 fully saturated rings. The van der Waals surface area contributed by atoms with Crippen molar-refractivity contribution in [1.82, 2.24) is 14.8 Å². The lowest BCUT2D eigenvalue weighted by atomic mass is 10.2. The van der Waals surface area contributed by atoms with Crippen molar-refractivity contribution in [2.24, 2.45) is 0 Å². The molecule has 96 valence electrons. The van der Waals surface area contributed by atoms with E-state index < -0.39 is 0 Å². The molecule has 2 aromatic rings. The zero-order valence-corrected chi connectivity index (χ0v) is 11.5. The summed E-state index contributed by atoms with van der Waals surface area (Å²) in [6.45, 7) is 5.81. The van der Waals surface area contributed by atoms with Crippen LogP contribution in [0.25, 0.3) is 0 Å². The first-order chi connectivity index (χ1) is 8.54. The molecule has 0 aromatic carbocycles. The fourth-order valence-electron chi connectivity index (χ4n) is 1.62. The molecule has 0 spiro atoms. The Morgan fingerprint density at radius 1 is 1.50 bits per heavy atom. The lowest BCUT2D eigenvalue weighted by Gasteiger charge is -2.11. The summed E-state index contributed by atoms with van der Waals surface area (Å²) in [6, 6.07) is 1.97. The van der Waals surface area contributed by atoms with E-state index in [-0.39, 0.29) is 11.9 Å². The van der Waals surface area contributed by atoms with Gasteiger partial charge in [0.05, 0.1) is 17.4 Å². The van der Waals surface area contributed by atoms with Gasteiger partial charge in [0.2, 0.25) is 5.91 Å². The number of hydrogen-bond acceptors (Lipinski definition) is 4. The number of thiazole rings is 1. The van der Waals surface area contributed by atoms with Crippen LogP contribution in [0.2, 0.25) is 0 Å². The molecule has 0 aliphatic carbocycles. The minimum Gasteiger partial charge on any atom is -0.302 e. The molecule has 2 aromatic heterocycles. The molecule has 0 aliphatic rings. The van der Waals surface area contributed by atoms with E-state index in [1.807, 2.05) is 43.1 Å². The Hall–Kier alpha value is -1.69. The summed E-state index contributed by atoms with van der Waals surface area (Å²) in [5.41, 5.74) is 1.88. The highest BCUT2D eigenvalue weighted by Gasteiger charge is 2.12. The number of aromatic nitrogens is 3. The van der Waals surface area contributed by atoms with Crippen LogP contribution in [0.4, 0.5) is 5.13 Å². The van der Waals surface area contributed by atoms with Crippen molar-refractivity contribution in [3.63, 3.8) is 0 Å². The molecule has 0 saturated heterocycles. The van der Waals surface area contributed by atoms with Crippen molar-refractivity contribution >= 4 is 22.4 Å². The van der Waals surface area contributed by atoms with E-state index in [0.29, 0.717) is 11.6 Å². The lowest BCUT2D eigenvalue weighted by Crippen LogP contribution is -2.17. The van der Waals surface area contributed by atoms with E-state index in [9.17, 15) is 4.79 Å². The quantitative estimate of drug-likeness (QED) is 0.923. The van der Waals surface area contributed by atoms with Crippen molar-refractivity contribution in [2.75, 3.05) is 5.32 Å². The van der Waals surface area contributed by atoms with E-state index in [4.69, 9.17) is 0 Å². The molecule has 1 unspecified atom stereocenters. The number of aryl methyl sites for hydroxylation is 2. The zero-order valence-electron chi connectivity index (χ0n) is 10.7. The summed E-state index contributed by atoms with van der Waals surface area (Å²) in [5, 5.41) is 9.66. The number of nitrogens with zero attached hydrogens (tertiary/aromatic N) is 3. The molecular formula is C12H16N4OS. The zero-order chi connectivity index (χ0) is 13.1. The molecule has 2 rings (SSSR count). The second-order valence-electron chi connectivity index (χ2n) is 4.33. The maximum atomic E-state index is 11.8. The summed E-state index contributed by atoms with van der Waals surface area (Å²) in [7, 11) is 0. The number of anilines is 1. The van der Waals surface area contributed by atoms with Gasteiger partial charge in [0.25, 0.3) is 0 Å². The largest absolute Gasteiger partial charge is 0.302 e. The smallest absolute Gasteiger partial charge is 0.228 e. The van der Waals surface area contributed by atoms with Crippen molar-refractivity contribution < 1.29 is 4.79 Å². The molecule has 18 heavy (non-hydrogen) atoms. The third-order valence-electron chi connectivity index (χ3n) is 2.54. The molecule has 0 bridgehead atoms. The first kappa shape index (κ1) is 12.8. The molecule has 1 N–H and O–H groups in total. The van der Waals surface area contributed by atoms with E-state index >= 15 is 0 Å². The Balaban J connectivity index is 1.91. The van der Waals surface area contributed by atoms with E-state index in [1.54, 1.807) is 0 Å². The lowest BCUT2D eigenvalue weighted by molar-refractivity contribution is -0.116. The van der Waals surface area contributed by atoms with Gasteiger partial charge >= 0.3 is 0 Å². The number of rotatable bonds is 4. The van der Waals surface area contributed by atoms with Crippen molar-refractivity contribution in [3.8, 4) is 0 Å². The van der Waals surface area contributed by atoms with E-state index in [1.165, 1.54) is 11.3 Å². The van der Waals surface area contributed by atoms with E-state index in [0.717, 1.165) is 11.4 Å². The third-order valence-corrected chi connectivity index (χ3v) is 3.42. The van der Waals surface area contributed by atoms with Crippen LogP contribution >= 0.6 is 11.3 Å². The maximum absolute atomic E-state index is 11.8. The Morgan fingerprint density at radius 2 is 2.28 bits per heavy atom. The van der Waals surface area contributed by atoms with Crippen molar-refractivity contribution in [2.45, 2.75) is 33.2 Å². The average molecular weight is 264 g/mol. The summed E-state index contributed by atoms with van der Waals surface area (Å²) < 4.78 is 1.81. The fraction of sp³-hybridized carbons (Fsp3) is 0.417. The maximum Gasteiger partial charge on any atom is 0.228 e. The number of carbonyl (C=O) groups is 1. The van der Waals surface area contributed by atoms with Gasteiger partial charge in [0.15, 0.2) is 5.13 Å². The normalized spacial score (nSPS) is 12.4. The minimum absolute atomic E-state index is 0.0370. The second kappa shape index (κ2) is 5.30. The van der Waals surface area contributed by atoms with Gasteiger partial charge in [-0.3, -0.25) is 9.48 Å². The van der Waals surface area contributed by atoms with Gasteiger partial charge in [-0.25, -0.2) is 4.98 Å². The number of hydrogen-bond donors (Lipinski definition) is 1. The van der Waals surface area contributed by atoms with Gasteiger partial charge in [-0.2, -0.15) is 5.10 Å². The van der Waals surface area contributed by atoms with Crippen molar-refractivity contribution in [1.29, 1.82) is 0 Å². The topological polar surface area (TPSA) is 59.8 Å². The summed E-state index contributed by atoms with van der Waals surface area (Å²) in [6.07, 6.45) is 2.28. The van der Waals surface area contributed by atoms with Gasteiger partial charge in [-0.15, -0.1) is 11.3 Å². The molecule has 6 heteroatoms. The predicted molar refractivity (Wildman–Crippen MR) is 71.8 cm³/mol. The minimum atomic E-state index is -0.0370. The summed E-state index contributed by atoms with van der Waals surface area (Å²) >= 11 is 1.44. The molecule has 0 radical (unpaired) electrons. The summed E-state index contributed by atoms with van der Waals surface area (Å²) in [5.74, 6) is -0.0370. The van der Waals surface area contributed by atoms with Crippen LogP contribution < -0.4 is 5.32 Å². The molecule has 2 heterocycles. The average Bonchev–Trinajstić information content (AvgIpc) is 2.87. The van der Waals surface area contributed by atoms with Gasteiger partial charge in [0, 0.05) is 18.0 Å².